The van der Waals surface area contributed by atoms with Gasteiger partial charge >= 0.3 is 0 Å². The fraction of sp³-hybridized carbons (Fsp3) is 0.294. The lowest BCUT2D eigenvalue weighted by atomic mass is 10.2. The van der Waals surface area contributed by atoms with Gasteiger partial charge in [-0.3, -0.25) is 14.5 Å². The van der Waals surface area contributed by atoms with Gasteiger partial charge in [0.05, 0.1) is 15.9 Å². The highest BCUT2D eigenvalue weighted by Crippen LogP contribution is 2.22. The van der Waals surface area contributed by atoms with Gasteiger partial charge in [-0.2, -0.15) is 0 Å². The summed E-state index contributed by atoms with van der Waals surface area (Å²) >= 11 is 4.86. The number of amides is 2. The minimum Gasteiger partial charge on any atom is -0.336 e. The highest BCUT2D eigenvalue weighted by molar-refractivity contribution is 9.11. The van der Waals surface area contributed by atoms with Crippen molar-refractivity contribution in [3.05, 3.63) is 50.9 Å². The molecule has 0 bridgehead atoms. The normalized spacial score (nSPS) is 15.2. The van der Waals surface area contributed by atoms with Gasteiger partial charge in [0, 0.05) is 37.2 Å². The summed E-state index contributed by atoms with van der Waals surface area (Å²) in [4.78, 5) is 28.3. The van der Waals surface area contributed by atoms with E-state index in [2.05, 4.69) is 21.2 Å². The number of benzene rings is 1. The van der Waals surface area contributed by atoms with Gasteiger partial charge < -0.3 is 10.2 Å². The second kappa shape index (κ2) is 8.07. The van der Waals surface area contributed by atoms with Crippen LogP contribution in [0.5, 0.6) is 0 Å². The van der Waals surface area contributed by atoms with Crippen molar-refractivity contribution in [3.8, 4) is 0 Å². The van der Waals surface area contributed by atoms with Gasteiger partial charge in [0.15, 0.2) is 0 Å². The fourth-order valence-corrected chi connectivity index (χ4v) is 3.78. The molecule has 0 radical (unpaired) electrons. The maximum absolute atomic E-state index is 12.9. The van der Waals surface area contributed by atoms with Crippen molar-refractivity contribution in [2.45, 2.75) is 0 Å². The molecular formula is C17H17BrFN3O2S. The van der Waals surface area contributed by atoms with Gasteiger partial charge in [0.25, 0.3) is 5.91 Å². The molecule has 0 aliphatic carbocycles. The number of rotatable bonds is 4. The van der Waals surface area contributed by atoms with Crippen molar-refractivity contribution in [2.24, 2.45) is 0 Å². The summed E-state index contributed by atoms with van der Waals surface area (Å²) in [6, 6.07) is 7.51. The molecule has 2 heterocycles. The van der Waals surface area contributed by atoms with E-state index >= 15 is 0 Å². The molecule has 132 valence electrons. The summed E-state index contributed by atoms with van der Waals surface area (Å²) in [5.41, 5.74) is 1.27. The van der Waals surface area contributed by atoms with E-state index in [1.807, 2.05) is 21.2 Å². The Labute approximate surface area is 157 Å². The number of thiophene rings is 1. The molecule has 0 unspecified atom stereocenters. The minimum atomic E-state index is -0.337. The Balaban J connectivity index is 1.46. The number of hydrogen-bond donors (Lipinski definition) is 1. The van der Waals surface area contributed by atoms with Gasteiger partial charge in [-0.15, -0.1) is 11.3 Å². The van der Waals surface area contributed by atoms with Crippen LogP contribution in [-0.4, -0.2) is 54.3 Å². The highest BCUT2D eigenvalue weighted by Gasteiger charge is 2.23. The van der Waals surface area contributed by atoms with E-state index in [1.165, 1.54) is 35.6 Å². The van der Waals surface area contributed by atoms with Crippen molar-refractivity contribution < 1.29 is 14.0 Å². The van der Waals surface area contributed by atoms with Crippen LogP contribution in [0, 0.1) is 5.82 Å². The predicted octanol–water partition coefficient (Wildman–Crippen LogP) is 3.05. The Hall–Kier alpha value is -1.77. The molecular weight excluding hydrogens is 409 g/mol. The van der Waals surface area contributed by atoms with Crippen LogP contribution in [-0.2, 0) is 4.79 Å². The SMILES string of the molecule is O=C(CN1CCN(C(=O)c2csc(Br)c2)CC1)Nc1ccc(F)cc1. The van der Waals surface area contributed by atoms with Crippen molar-refractivity contribution in [3.63, 3.8) is 0 Å². The van der Waals surface area contributed by atoms with Crippen molar-refractivity contribution >= 4 is 44.8 Å². The van der Waals surface area contributed by atoms with Crippen molar-refractivity contribution in [1.82, 2.24) is 9.80 Å². The molecule has 0 atom stereocenters. The third-order valence-corrected chi connectivity index (χ3v) is 5.47. The second-order valence-electron chi connectivity index (χ2n) is 5.76. The number of anilines is 1. The molecule has 8 heteroatoms. The molecule has 1 aromatic heterocycles. The number of halogens is 2. The molecule has 25 heavy (non-hydrogen) atoms. The average Bonchev–Trinajstić information content (AvgIpc) is 3.03. The van der Waals surface area contributed by atoms with E-state index in [9.17, 15) is 14.0 Å². The van der Waals surface area contributed by atoms with E-state index < -0.39 is 0 Å². The first-order valence-electron chi connectivity index (χ1n) is 7.82. The Morgan fingerprint density at radius 2 is 1.84 bits per heavy atom. The zero-order valence-corrected chi connectivity index (χ0v) is 15.8. The molecule has 0 spiro atoms. The number of piperazine rings is 1. The zero-order valence-electron chi connectivity index (χ0n) is 13.4. The topological polar surface area (TPSA) is 52.7 Å². The fourth-order valence-electron chi connectivity index (χ4n) is 2.65. The maximum Gasteiger partial charge on any atom is 0.254 e. The largest absolute Gasteiger partial charge is 0.336 e. The molecule has 0 saturated carbocycles. The smallest absolute Gasteiger partial charge is 0.254 e. The lowest BCUT2D eigenvalue weighted by Gasteiger charge is -2.34. The molecule has 1 aromatic carbocycles. The molecule has 3 rings (SSSR count). The van der Waals surface area contributed by atoms with Crippen LogP contribution in [0.1, 0.15) is 10.4 Å². The first-order chi connectivity index (χ1) is 12.0. The van der Waals surface area contributed by atoms with Gasteiger partial charge in [-0.05, 0) is 46.3 Å². The van der Waals surface area contributed by atoms with E-state index in [-0.39, 0.29) is 24.2 Å². The van der Waals surface area contributed by atoms with Crippen LogP contribution in [0.4, 0.5) is 10.1 Å². The zero-order chi connectivity index (χ0) is 17.8. The maximum atomic E-state index is 12.9. The Morgan fingerprint density at radius 1 is 1.16 bits per heavy atom. The van der Waals surface area contributed by atoms with E-state index in [0.717, 1.165) is 3.79 Å². The predicted molar refractivity (Wildman–Crippen MR) is 99.4 cm³/mol. The van der Waals surface area contributed by atoms with Gasteiger partial charge in [0.2, 0.25) is 5.91 Å². The monoisotopic (exact) mass is 425 g/mol. The number of carbonyl (C=O) groups is 2. The molecule has 1 aliphatic heterocycles. The summed E-state index contributed by atoms with van der Waals surface area (Å²) in [5, 5.41) is 4.59. The standard InChI is InChI=1S/C17H17BrFN3O2S/c18-15-9-12(11-25-15)17(24)22-7-5-21(6-8-22)10-16(23)20-14-3-1-13(19)2-4-14/h1-4,9,11H,5-8,10H2,(H,20,23). The van der Waals surface area contributed by atoms with Crippen LogP contribution < -0.4 is 5.32 Å². The lowest BCUT2D eigenvalue weighted by molar-refractivity contribution is -0.117. The number of nitrogens with zero attached hydrogens (tertiary/aromatic N) is 2. The minimum absolute atomic E-state index is 0.0253. The Bertz CT molecular complexity index is 758. The molecule has 1 aliphatic rings. The van der Waals surface area contributed by atoms with Crippen LogP contribution in [0.15, 0.2) is 39.5 Å². The van der Waals surface area contributed by atoms with E-state index in [0.29, 0.717) is 37.4 Å². The number of hydrogen-bond acceptors (Lipinski definition) is 4. The number of nitrogens with one attached hydrogen (secondary N) is 1. The summed E-state index contributed by atoms with van der Waals surface area (Å²) in [7, 11) is 0. The van der Waals surface area contributed by atoms with E-state index in [4.69, 9.17) is 0 Å². The highest BCUT2D eigenvalue weighted by atomic mass is 79.9. The summed E-state index contributed by atoms with van der Waals surface area (Å²) in [6.45, 7) is 2.73. The van der Waals surface area contributed by atoms with Crippen molar-refractivity contribution in [2.75, 3.05) is 38.0 Å². The third kappa shape index (κ3) is 4.87. The average molecular weight is 426 g/mol. The van der Waals surface area contributed by atoms with Gasteiger partial charge in [-0.1, -0.05) is 0 Å². The Morgan fingerprint density at radius 3 is 2.44 bits per heavy atom. The van der Waals surface area contributed by atoms with Crippen molar-refractivity contribution in [1.29, 1.82) is 0 Å². The van der Waals surface area contributed by atoms with Gasteiger partial charge in [0.1, 0.15) is 5.82 Å². The molecule has 2 aromatic rings. The molecule has 1 N–H and O–H groups in total. The molecule has 1 saturated heterocycles. The summed E-state index contributed by atoms with van der Waals surface area (Å²) < 4.78 is 13.8. The van der Waals surface area contributed by atoms with Crippen LogP contribution in [0.25, 0.3) is 0 Å². The first-order valence-corrected chi connectivity index (χ1v) is 9.49. The van der Waals surface area contributed by atoms with Gasteiger partial charge in [-0.25, -0.2) is 4.39 Å². The number of carbonyl (C=O) groups excluding carboxylic acids is 2. The van der Waals surface area contributed by atoms with E-state index in [1.54, 1.807) is 0 Å². The summed E-state index contributed by atoms with van der Waals surface area (Å²) in [6.07, 6.45) is 0. The lowest BCUT2D eigenvalue weighted by Crippen LogP contribution is -2.50. The summed E-state index contributed by atoms with van der Waals surface area (Å²) in [5.74, 6) is -0.457. The molecule has 1 fully saturated rings. The first kappa shape index (κ1) is 18.0. The molecule has 5 nitrogen and oxygen atoms in total. The third-order valence-electron chi connectivity index (χ3n) is 3.97. The second-order valence-corrected chi connectivity index (χ2v) is 8.05. The van der Waals surface area contributed by atoms with Crippen LogP contribution in [0.2, 0.25) is 0 Å². The quantitative estimate of drug-likeness (QED) is 0.818. The Kier molecular flexibility index (Phi) is 5.82. The van der Waals surface area contributed by atoms with Crippen LogP contribution in [0.3, 0.4) is 0 Å². The van der Waals surface area contributed by atoms with Crippen LogP contribution >= 0.6 is 27.3 Å². The molecule has 2 amide bonds.